The fraction of sp³-hybridized carbons (Fsp3) is 0.750. The van der Waals surface area contributed by atoms with Gasteiger partial charge in [-0.1, -0.05) is 5.16 Å². The molecule has 1 aromatic heterocycles. The molecule has 0 radical (unpaired) electrons. The van der Waals surface area contributed by atoms with Gasteiger partial charge < -0.3 is 9.26 Å². The van der Waals surface area contributed by atoms with Crippen molar-refractivity contribution < 1.29 is 9.26 Å². The van der Waals surface area contributed by atoms with Gasteiger partial charge in [0.2, 0.25) is 0 Å². The van der Waals surface area contributed by atoms with Crippen molar-refractivity contribution in [3.05, 3.63) is 5.82 Å². The van der Waals surface area contributed by atoms with Crippen molar-refractivity contribution >= 4 is 6.01 Å². The first kappa shape index (κ1) is 8.19. The number of anilines is 1. The topological polar surface area (TPSA) is 86.2 Å². The molecule has 3 N–H and O–H groups in total. The number of nitrogens with zero attached hydrogens (tertiary/aromatic N) is 2. The smallest absolute Gasteiger partial charge is 0.335 e. The van der Waals surface area contributed by atoms with E-state index in [1.165, 1.54) is 6.42 Å². The van der Waals surface area contributed by atoms with Gasteiger partial charge >= 0.3 is 6.01 Å². The predicted molar refractivity (Wildman–Crippen MR) is 47.4 cm³/mol. The normalized spacial score (nSPS) is 35.1. The number of nitrogens with two attached hydrogens (primary N) is 1. The molecule has 6 nitrogen and oxygen atoms in total. The van der Waals surface area contributed by atoms with Gasteiger partial charge in [0.05, 0.1) is 18.1 Å². The Morgan fingerprint density at radius 2 is 2.36 bits per heavy atom. The van der Waals surface area contributed by atoms with Gasteiger partial charge in [-0.05, 0) is 19.3 Å². The second-order valence-electron chi connectivity index (χ2n) is 3.82. The number of aromatic nitrogens is 2. The number of hydrogen-bond donors (Lipinski definition) is 2. The van der Waals surface area contributed by atoms with Crippen molar-refractivity contribution in [3.8, 4) is 0 Å². The molecule has 0 aromatic carbocycles. The Kier molecular flexibility index (Phi) is 1.71. The molecule has 76 valence electrons. The summed E-state index contributed by atoms with van der Waals surface area (Å²) in [6.07, 6.45) is 3.96. The van der Waals surface area contributed by atoms with Gasteiger partial charge in [0.1, 0.15) is 0 Å². The van der Waals surface area contributed by atoms with Crippen LogP contribution >= 0.6 is 0 Å². The van der Waals surface area contributed by atoms with E-state index in [1.54, 1.807) is 0 Å². The van der Waals surface area contributed by atoms with Crippen molar-refractivity contribution in [2.75, 3.05) is 5.43 Å². The van der Waals surface area contributed by atoms with Crippen molar-refractivity contribution in [2.24, 2.45) is 5.84 Å². The molecule has 2 aliphatic heterocycles. The molecule has 3 rings (SSSR count). The quantitative estimate of drug-likeness (QED) is 0.525. The van der Waals surface area contributed by atoms with Crippen LogP contribution in [0.25, 0.3) is 0 Å². The molecule has 0 saturated carbocycles. The third kappa shape index (κ3) is 1.11. The number of hydrazine groups is 1. The predicted octanol–water partition coefficient (Wildman–Crippen LogP) is 0.390. The number of ether oxygens (including phenoxy) is 1. The summed E-state index contributed by atoms with van der Waals surface area (Å²) < 4.78 is 10.6. The number of nitrogen functional groups attached to an aromatic ring is 1. The summed E-state index contributed by atoms with van der Waals surface area (Å²) >= 11 is 0. The highest BCUT2D eigenvalue weighted by Gasteiger charge is 2.43. The monoisotopic (exact) mass is 196 g/mol. The van der Waals surface area contributed by atoms with E-state index in [1.807, 2.05) is 0 Å². The highest BCUT2D eigenvalue weighted by molar-refractivity contribution is 5.18. The molecular weight excluding hydrogens is 184 g/mol. The van der Waals surface area contributed by atoms with E-state index in [0.29, 0.717) is 17.8 Å². The van der Waals surface area contributed by atoms with E-state index >= 15 is 0 Å². The zero-order valence-corrected chi connectivity index (χ0v) is 7.64. The van der Waals surface area contributed by atoms with Crippen LogP contribution in [-0.4, -0.2) is 22.3 Å². The minimum Gasteiger partial charge on any atom is -0.374 e. The summed E-state index contributed by atoms with van der Waals surface area (Å²) in [5.41, 5.74) is 2.33. The molecule has 3 atom stereocenters. The molecule has 2 bridgehead atoms. The highest BCUT2D eigenvalue weighted by atomic mass is 16.5. The van der Waals surface area contributed by atoms with Crippen LogP contribution in [0.15, 0.2) is 4.52 Å². The molecule has 3 unspecified atom stereocenters. The van der Waals surface area contributed by atoms with Crippen molar-refractivity contribution in [1.29, 1.82) is 0 Å². The molecule has 1 aromatic rings. The fourth-order valence-electron chi connectivity index (χ4n) is 2.35. The van der Waals surface area contributed by atoms with Crippen molar-refractivity contribution in [3.63, 3.8) is 0 Å². The van der Waals surface area contributed by atoms with Crippen LogP contribution in [0.2, 0.25) is 0 Å². The SMILES string of the molecule is NNc1nc(C2CC3CCC2O3)no1. The fourth-order valence-corrected chi connectivity index (χ4v) is 2.35. The zero-order chi connectivity index (χ0) is 9.54. The number of rotatable bonds is 2. The summed E-state index contributed by atoms with van der Waals surface area (Å²) in [6.45, 7) is 0. The molecule has 0 spiro atoms. The van der Waals surface area contributed by atoms with Crippen molar-refractivity contribution in [2.45, 2.75) is 37.4 Å². The van der Waals surface area contributed by atoms with Gasteiger partial charge in [0.25, 0.3) is 0 Å². The third-order valence-electron chi connectivity index (χ3n) is 3.00. The average Bonchev–Trinajstić information content (AvgIpc) is 2.93. The first-order valence-corrected chi connectivity index (χ1v) is 4.82. The summed E-state index contributed by atoms with van der Waals surface area (Å²) in [5, 5.41) is 3.88. The Morgan fingerprint density at radius 1 is 1.43 bits per heavy atom. The molecule has 2 fully saturated rings. The Hall–Kier alpha value is -1.14. The van der Waals surface area contributed by atoms with Crippen LogP contribution in [0.5, 0.6) is 0 Å². The van der Waals surface area contributed by atoms with Gasteiger partial charge in [-0.2, -0.15) is 4.98 Å². The van der Waals surface area contributed by atoms with E-state index in [9.17, 15) is 0 Å². The van der Waals surface area contributed by atoms with Crippen LogP contribution in [0.4, 0.5) is 6.01 Å². The second-order valence-corrected chi connectivity index (χ2v) is 3.82. The summed E-state index contributed by atoms with van der Waals surface area (Å²) in [6, 6.07) is 0.266. The number of hydrogen-bond acceptors (Lipinski definition) is 6. The lowest BCUT2D eigenvalue weighted by Crippen LogP contribution is -2.15. The van der Waals surface area contributed by atoms with E-state index < -0.39 is 0 Å². The highest BCUT2D eigenvalue weighted by Crippen LogP contribution is 2.43. The van der Waals surface area contributed by atoms with Gasteiger partial charge in [-0.15, -0.1) is 0 Å². The van der Waals surface area contributed by atoms with Gasteiger partial charge in [0, 0.05) is 0 Å². The Labute approximate surface area is 80.8 Å². The molecule has 2 saturated heterocycles. The molecule has 2 aliphatic rings. The maximum atomic E-state index is 5.71. The first-order valence-electron chi connectivity index (χ1n) is 4.82. The Morgan fingerprint density at radius 3 is 2.93 bits per heavy atom. The maximum Gasteiger partial charge on any atom is 0.335 e. The van der Waals surface area contributed by atoms with Crippen molar-refractivity contribution in [1.82, 2.24) is 10.1 Å². The summed E-state index contributed by atoms with van der Waals surface area (Å²) in [4.78, 5) is 4.14. The zero-order valence-electron chi connectivity index (χ0n) is 7.64. The van der Waals surface area contributed by atoms with E-state index in [0.717, 1.165) is 12.8 Å². The minimum atomic E-state index is 0.266. The molecule has 3 heterocycles. The van der Waals surface area contributed by atoms with E-state index in [-0.39, 0.29) is 12.1 Å². The lowest BCUT2D eigenvalue weighted by molar-refractivity contribution is 0.0996. The largest absolute Gasteiger partial charge is 0.374 e. The Bertz CT molecular complexity index is 340. The molecule has 0 amide bonds. The standard InChI is InChI=1S/C8H12N4O2/c9-11-8-10-7(12-14-8)5-3-4-1-2-6(5)13-4/h4-6H,1-3,9H2,(H,10,11,12). The molecule has 0 aliphatic carbocycles. The Balaban J connectivity index is 1.82. The number of fused-ring (bicyclic) bond motifs is 2. The lowest BCUT2D eigenvalue weighted by atomic mass is 9.89. The van der Waals surface area contributed by atoms with Crippen LogP contribution in [0.3, 0.4) is 0 Å². The molecule has 6 heteroatoms. The molecule has 14 heavy (non-hydrogen) atoms. The first-order chi connectivity index (χ1) is 6.86. The van der Waals surface area contributed by atoms with E-state index in [4.69, 9.17) is 15.1 Å². The lowest BCUT2D eigenvalue weighted by Gasteiger charge is -2.13. The minimum absolute atomic E-state index is 0.266. The summed E-state index contributed by atoms with van der Waals surface area (Å²) in [5.74, 6) is 6.16. The van der Waals surface area contributed by atoms with Crippen LogP contribution in [-0.2, 0) is 4.74 Å². The summed E-state index contributed by atoms with van der Waals surface area (Å²) in [7, 11) is 0. The maximum absolute atomic E-state index is 5.71. The number of nitrogens with one attached hydrogen (secondary N) is 1. The average molecular weight is 196 g/mol. The van der Waals surface area contributed by atoms with Gasteiger partial charge in [0.15, 0.2) is 5.82 Å². The van der Waals surface area contributed by atoms with Gasteiger partial charge in [-0.25, -0.2) is 5.84 Å². The van der Waals surface area contributed by atoms with Crippen LogP contribution in [0.1, 0.15) is 31.0 Å². The van der Waals surface area contributed by atoms with Crippen LogP contribution in [0, 0.1) is 0 Å². The second kappa shape index (κ2) is 2.93. The third-order valence-corrected chi connectivity index (χ3v) is 3.00. The van der Waals surface area contributed by atoms with E-state index in [2.05, 4.69) is 15.6 Å². The molecular formula is C8H12N4O2. The van der Waals surface area contributed by atoms with Crippen LogP contribution < -0.4 is 11.3 Å². The van der Waals surface area contributed by atoms with Gasteiger partial charge in [-0.3, -0.25) is 5.43 Å².